The number of rotatable bonds is 3. The molecule has 3 N–H and O–H groups in total. The third kappa shape index (κ3) is 3.55. The third-order valence-corrected chi connectivity index (χ3v) is 2.18. The summed E-state index contributed by atoms with van der Waals surface area (Å²) in [6, 6.07) is 1.51. The summed E-state index contributed by atoms with van der Waals surface area (Å²) in [5.41, 5.74) is 7.37. The topological polar surface area (TPSA) is 68.0 Å². The van der Waals surface area contributed by atoms with Crippen LogP contribution in [-0.4, -0.2) is 17.4 Å². The number of halogens is 1. The molecule has 1 aromatic heterocycles. The van der Waals surface area contributed by atoms with Gasteiger partial charge in [0.15, 0.2) is 0 Å². The van der Waals surface area contributed by atoms with Crippen LogP contribution in [0.3, 0.4) is 0 Å². The second-order valence-corrected chi connectivity index (χ2v) is 3.96. The van der Waals surface area contributed by atoms with E-state index in [-0.39, 0.29) is 11.1 Å². The number of aromatic nitrogens is 1. The molecule has 0 radical (unpaired) electrons. The predicted molar refractivity (Wildman–Crippen MR) is 65.4 cm³/mol. The SMILES string of the molecule is CC(C)=CCNC(=O)c1cc(N)cnc1Cl. The zero-order valence-corrected chi connectivity index (χ0v) is 10.0. The van der Waals surface area contributed by atoms with Crippen molar-refractivity contribution in [2.75, 3.05) is 12.3 Å². The zero-order valence-electron chi connectivity index (χ0n) is 9.25. The highest BCUT2D eigenvalue weighted by Crippen LogP contribution is 2.15. The summed E-state index contributed by atoms with van der Waals surface area (Å²) < 4.78 is 0. The fourth-order valence-electron chi connectivity index (χ4n) is 1.07. The Bertz CT molecular complexity index is 425. The Hall–Kier alpha value is -1.55. The standard InChI is InChI=1S/C11H14ClN3O/c1-7(2)3-4-14-11(16)9-5-8(13)6-15-10(9)12/h3,5-6H,4,13H2,1-2H3,(H,14,16). The maximum absolute atomic E-state index is 11.7. The summed E-state index contributed by atoms with van der Waals surface area (Å²) in [4.78, 5) is 15.5. The van der Waals surface area contributed by atoms with Crippen LogP contribution in [-0.2, 0) is 0 Å². The van der Waals surface area contributed by atoms with E-state index in [1.807, 2.05) is 19.9 Å². The molecule has 1 aromatic rings. The monoisotopic (exact) mass is 239 g/mol. The van der Waals surface area contributed by atoms with Crippen LogP contribution in [0.2, 0.25) is 5.15 Å². The van der Waals surface area contributed by atoms with Gasteiger partial charge in [-0.2, -0.15) is 0 Å². The number of hydrogen-bond donors (Lipinski definition) is 2. The van der Waals surface area contributed by atoms with E-state index in [9.17, 15) is 4.79 Å². The Morgan fingerprint density at radius 3 is 2.94 bits per heavy atom. The van der Waals surface area contributed by atoms with Crippen LogP contribution in [0.4, 0.5) is 5.69 Å². The second kappa shape index (κ2) is 5.51. The van der Waals surface area contributed by atoms with E-state index in [0.717, 1.165) is 5.57 Å². The predicted octanol–water partition coefficient (Wildman–Crippen LogP) is 2.01. The molecule has 0 spiro atoms. The van der Waals surface area contributed by atoms with Gasteiger partial charge in [-0.1, -0.05) is 23.3 Å². The van der Waals surface area contributed by atoms with Crippen molar-refractivity contribution >= 4 is 23.2 Å². The molecular weight excluding hydrogens is 226 g/mol. The highest BCUT2D eigenvalue weighted by atomic mass is 35.5. The number of nitrogens with two attached hydrogens (primary N) is 1. The van der Waals surface area contributed by atoms with E-state index >= 15 is 0 Å². The van der Waals surface area contributed by atoms with Gasteiger partial charge in [0.05, 0.1) is 17.4 Å². The first-order chi connectivity index (χ1) is 7.50. The largest absolute Gasteiger partial charge is 0.397 e. The first kappa shape index (κ1) is 12.5. The van der Waals surface area contributed by atoms with Gasteiger partial charge >= 0.3 is 0 Å². The molecule has 4 nitrogen and oxygen atoms in total. The second-order valence-electron chi connectivity index (χ2n) is 3.60. The number of amides is 1. The van der Waals surface area contributed by atoms with Gasteiger partial charge in [-0.05, 0) is 19.9 Å². The van der Waals surface area contributed by atoms with Crippen molar-refractivity contribution in [1.82, 2.24) is 10.3 Å². The highest BCUT2D eigenvalue weighted by Gasteiger charge is 2.10. The molecule has 0 aliphatic rings. The Morgan fingerprint density at radius 2 is 2.31 bits per heavy atom. The van der Waals surface area contributed by atoms with Gasteiger partial charge in [0, 0.05) is 6.54 Å². The number of nitrogens with one attached hydrogen (secondary N) is 1. The maximum Gasteiger partial charge on any atom is 0.254 e. The average Bonchev–Trinajstić information content (AvgIpc) is 2.21. The van der Waals surface area contributed by atoms with Crippen LogP contribution in [0.1, 0.15) is 24.2 Å². The molecule has 1 rings (SSSR count). The summed E-state index contributed by atoms with van der Waals surface area (Å²) in [5, 5.41) is 2.86. The summed E-state index contributed by atoms with van der Waals surface area (Å²) in [5.74, 6) is -0.276. The number of nitrogen functional groups attached to an aromatic ring is 1. The van der Waals surface area contributed by atoms with Crippen LogP contribution in [0.25, 0.3) is 0 Å². The van der Waals surface area contributed by atoms with Crippen molar-refractivity contribution in [3.05, 3.63) is 34.6 Å². The normalized spacial score (nSPS) is 9.69. The van der Waals surface area contributed by atoms with Crippen molar-refractivity contribution in [3.63, 3.8) is 0 Å². The number of hydrogen-bond acceptors (Lipinski definition) is 3. The highest BCUT2D eigenvalue weighted by molar-refractivity contribution is 6.32. The molecule has 16 heavy (non-hydrogen) atoms. The smallest absolute Gasteiger partial charge is 0.254 e. The molecule has 86 valence electrons. The van der Waals surface area contributed by atoms with Crippen LogP contribution in [0.5, 0.6) is 0 Å². The molecule has 0 saturated heterocycles. The Labute approximate surface area is 99.5 Å². The Morgan fingerprint density at radius 1 is 1.62 bits per heavy atom. The number of nitrogens with zero attached hydrogens (tertiary/aromatic N) is 1. The van der Waals surface area contributed by atoms with Gasteiger partial charge in [-0.3, -0.25) is 4.79 Å². The van der Waals surface area contributed by atoms with Crippen molar-refractivity contribution in [2.45, 2.75) is 13.8 Å². The van der Waals surface area contributed by atoms with Gasteiger partial charge in [-0.15, -0.1) is 0 Å². The number of allylic oxidation sites excluding steroid dienone is 1. The van der Waals surface area contributed by atoms with Gasteiger partial charge in [0.2, 0.25) is 0 Å². The van der Waals surface area contributed by atoms with Crippen molar-refractivity contribution in [2.24, 2.45) is 0 Å². The molecule has 0 fully saturated rings. The quantitative estimate of drug-likeness (QED) is 0.626. The fourth-order valence-corrected chi connectivity index (χ4v) is 1.26. The van der Waals surface area contributed by atoms with E-state index in [0.29, 0.717) is 17.8 Å². The van der Waals surface area contributed by atoms with E-state index < -0.39 is 0 Å². The molecule has 0 aliphatic carbocycles. The molecular formula is C11H14ClN3O. The Balaban J connectivity index is 2.73. The van der Waals surface area contributed by atoms with E-state index in [2.05, 4.69) is 10.3 Å². The summed E-state index contributed by atoms with van der Waals surface area (Å²) in [7, 11) is 0. The first-order valence-electron chi connectivity index (χ1n) is 4.83. The molecule has 1 heterocycles. The number of pyridine rings is 1. The molecule has 0 aromatic carbocycles. The summed E-state index contributed by atoms with van der Waals surface area (Å²) in [6.07, 6.45) is 3.32. The van der Waals surface area contributed by atoms with Gasteiger partial charge in [-0.25, -0.2) is 4.98 Å². The minimum atomic E-state index is -0.276. The molecule has 0 aliphatic heterocycles. The van der Waals surface area contributed by atoms with Crippen molar-refractivity contribution in [3.8, 4) is 0 Å². The Kier molecular flexibility index (Phi) is 4.31. The number of anilines is 1. The van der Waals surface area contributed by atoms with E-state index in [1.54, 1.807) is 0 Å². The molecule has 0 bridgehead atoms. The number of carbonyl (C=O) groups is 1. The van der Waals surface area contributed by atoms with Crippen LogP contribution in [0, 0.1) is 0 Å². The molecule has 0 atom stereocenters. The summed E-state index contributed by atoms with van der Waals surface area (Å²) in [6.45, 7) is 4.38. The van der Waals surface area contributed by atoms with Gasteiger partial charge < -0.3 is 11.1 Å². The fraction of sp³-hybridized carbons (Fsp3) is 0.273. The molecule has 5 heteroatoms. The van der Waals surface area contributed by atoms with E-state index in [4.69, 9.17) is 17.3 Å². The lowest BCUT2D eigenvalue weighted by atomic mass is 10.2. The first-order valence-corrected chi connectivity index (χ1v) is 5.21. The van der Waals surface area contributed by atoms with E-state index in [1.165, 1.54) is 12.3 Å². The van der Waals surface area contributed by atoms with Crippen LogP contribution < -0.4 is 11.1 Å². The average molecular weight is 240 g/mol. The van der Waals surface area contributed by atoms with Crippen molar-refractivity contribution < 1.29 is 4.79 Å². The third-order valence-electron chi connectivity index (χ3n) is 1.88. The summed E-state index contributed by atoms with van der Waals surface area (Å²) >= 11 is 5.79. The minimum Gasteiger partial charge on any atom is -0.397 e. The maximum atomic E-state index is 11.7. The van der Waals surface area contributed by atoms with Crippen molar-refractivity contribution in [1.29, 1.82) is 0 Å². The molecule has 0 unspecified atom stereocenters. The van der Waals surface area contributed by atoms with Crippen LogP contribution in [0.15, 0.2) is 23.9 Å². The van der Waals surface area contributed by atoms with Gasteiger partial charge in [0.25, 0.3) is 5.91 Å². The lowest BCUT2D eigenvalue weighted by Crippen LogP contribution is -2.24. The lowest BCUT2D eigenvalue weighted by molar-refractivity contribution is 0.0958. The minimum absolute atomic E-state index is 0.156. The van der Waals surface area contributed by atoms with Gasteiger partial charge in [0.1, 0.15) is 5.15 Å². The zero-order chi connectivity index (χ0) is 12.1. The lowest BCUT2D eigenvalue weighted by Gasteiger charge is -2.05. The molecule has 0 saturated carbocycles. The number of carbonyl (C=O) groups excluding carboxylic acids is 1. The van der Waals surface area contributed by atoms with Crippen LogP contribution >= 0.6 is 11.6 Å². The molecule has 1 amide bonds.